The SMILES string of the molecule is CCOC(=O)c1cc(N)ccc1NC(C)CC1CC1. The highest BCUT2D eigenvalue weighted by atomic mass is 16.5. The lowest BCUT2D eigenvalue weighted by Gasteiger charge is -2.17. The van der Waals surface area contributed by atoms with Crippen molar-refractivity contribution < 1.29 is 9.53 Å². The number of esters is 1. The summed E-state index contributed by atoms with van der Waals surface area (Å²) in [6, 6.07) is 5.67. The number of anilines is 2. The van der Waals surface area contributed by atoms with Crippen molar-refractivity contribution in [1.29, 1.82) is 0 Å². The Bertz CT molecular complexity index is 455. The van der Waals surface area contributed by atoms with E-state index in [1.807, 2.05) is 6.07 Å². The summed E-state index contributed by atoms with van der Waals surface area (Å²) in [5.41, 5.74) is 7.64. The fourth-order valence-corrected chi connectivity index (χ4v) is 2.24. The first-order chi connectivity index (χ1) is 9.10. The topological polar surface area (TPSA) is 64.3 Å². The largest absolute Gasteiger partial charge is 0.462 e. The summed E-state index contributed by atoms with van der Waals surface area (Å²) in [6.45, 7) is 4.31. The van der Waals surface area contributed by atoms with Gasteiger partial charge in [-0.3, -0.25) is 0 Å². The molecule has 4 heteroatoms. The van der Waals surface area contributed by atoms with Gasteiger partial charge >= 0.3 is 5.97 Å². The smallest absolute Gasteiger partial charge is 0.340 e. The molecular formula is C15H22N2O2. The van der Waals surface area contributed by atoms with Crippen LogP contribution in [0.2, 0.25) is 0 Å². The second-order valence-electron chi connectivity index (χ2n) is 5.25. The zero-order chi connectivity index (χ0) is 13.8. The number of ether oxygens (including phenoxy) is 1. The lowest BCUT2D eigenvalue weighted by atomic mass is 10.1. The molecule has 104 valence electrons. The average Bonchev–Trinajstić information content (AvgIpc) is 3.15. The Morgan fingerprint density at radius 2 is 2.26 bits per heavy atom. The zero-order valence-electron chi connectivity index (χ0n) is 11.6. The van der Waals surface area contributed by atoms with Gasteiger partial charge in [0.15, 0.2) is 0 Å². The first-order valence-corrected chi connectivity index (χ1v) is 6.93. The third-order valence-corrected chi connectivity index (χ3v) is 3.32. The Balaban J connectivity index is 2.10. The highest BCUT2D eigenvalue weighted by Gasteiger charge is 2.24. The Morgan fingerprint density at radius 1 is 1.53 bits per heavy atom. The Hall–Kier alpha value is -1.71. The van der Waals surface area contributed by atoms with Crippen LogP contribution in [0, 0.1) is 5.92 Å². The normalized spacial score (nSPS) is 15.9. The number of benzene rings is 1. The van der Waals surface area contributed by atoms with Crippen LogP contribution in [0.15, 0.2) is 18.2 Å². The van der Waals surface area contributed by atoms with E-state index in [1.54, 1.807) is 19.1 Å². The maximum absolute atomic E-state index is 11.9. The molecule has 1 aliphatic carbocycles. The van der Waals surface area contributed by atoms with Gasteiger partial charge in [-0.05, 0) is 44.4 Å². The Kier molecular flexibility index (Phi) is 4.30. The van der Waals surface area contributed by atoms with Gasteiger partial charge in [-0.25, -0.2) is 4.79 Å². The molecule has 3 N–H and O–H groups in total. The molecule has 4 nitrogen and oxygen atoms in total. The molecule has 19 heavy (non-hydrogen) atoms. The van der Waals surface area contributed by atoms with Crippen LogP contribution in [0.5, 0.6) is 0 Å². The van der Waals surface area contributed by atoms with Crippen molar-refractivity contribution in [1.82, 2.24) is 0 Å². The van der Waals surface area contributed by atoms with E-state index in [0.29, 0.717) is 23.9 Å². The number of hydrogen-bond donors (Lipinski definition) is 2. The van der Waals surface area contributed by atoms with Crippen LogP contribution in [0.1, 0.15) is 43.5 Å². The van der Waals surface area contributed by atoms with E-state index in [2.05, 4.69) is 12.2 Å². The van der Waals surface area contributed by atoms with Crippen LogP contribution in [0.4, 0.5) is 11.4 Å². The molecule has 1 aromatic carbocycles. The molecule has 1 unspecified atom stereocenters. The van der Waals surface area contributed by atoms with Gasteiger partial charge in [0.05, 0.1) is 12.2 Å². The second-order valence-corrected chi connectivity index (χ2v) is 5.25. The van der Waals surface area contributed by atoms with E-state index in [0.717, 1.165) is 18.0 Å². The maximum atomic E-state index is 11.9. The summed E-state index contributed by atoms with van der Waals surface area (Å²) >= 11 is 0. The number of nitrogens with one attached hydrogen (secondary N) is 1. The van der Waals surface area contributed by atoms with Crippen molar-refractivity contribution in [2.75, 3.05) is 17.7 Å². The van der Waals surface area contributed by atoms with Crippen LogP contribution in [0.3, 0.4) is 0 Å². The van der Waals surface area contributed by atoms with Gasteiger partial charge in [-0.1, -0.05) is 12.8 Å². The number of hydrogen-bond acceptors (Lipinski definition) is 4. The standard InChI is InChI=1S/C15H22N2O2/c1-3-19-15(18)13-9-12(16)6-7-14(13)17-10(2)8-11-4-5-11/h6-7,9-11,17H,3-5,8,16H2,1-2H3. The lowest BCUT2D eigenvalue weighted by molar-refractivity contribution is 0.0527. The summed E-state index contributed by atoms with van der Waals surface area (Å²) in [5, 5.41) is 3.39. The fourth-order valence-electron chi connectivity index (χ4n) is 2.24. The van der Waals surface area contributed by atoms with Crippen LogP contribution in [0.25, 0.3) is 0 Å². The lowest BCUT2D eigenvalue weighted by Crippen LogP contribution is -2.19. The first-order valence-electron chi connectivity index (χ1n) is 6.93. The van der Waals surface area contributed by atoms with Crippen molar-refractivity contribution in [2.45, 2.75) is 39.2 Å². The number of rotatable bonds is 6. The minimum atomic E-state index is -0.323. The molecule has 1 saturated carbocycles. The summed E-state index contributed by atoms with van der Waals surface area (Å²) in [4.78, 5) is 11.9. The van der Waals surface area contributed by atoms with E-state index >= 15 is 0 Å². The van der Waals surface area contributed by atoms with Crippen molar-refractivity contribution in [3.8, 4) is 0 Å². The highest BCUT2D eigenvalue weighted by Crippen LogP contribution is 2.34. The fraction of sp³-hybridized carbons (Fsp3) is 0.533. The van der Waals surface area contributed by atoms with Crippen molar-refractivity contribution in [2.24, 2.45) is 5.92 Å². The molecule has 0 spiro atoms. The van der Waals surface area contributed by atoms with Crippen molar-refractivity contribution in [3.05, 3.63) is 23.8 Å². The summed E-state index contributed by atoms with van der Waals surface area (Å²) in [6.07, 6.45) is 3.81. The monoisotopic (exact) mass is 262 g/mol. The quantitative estimate of drug-likeness (QED) is 0.611. The minimum absolute atomic E-state index is 0.323. The summed E-state index contributed by atoms with van der Waals surface area (Å²) in [7, 11) is 0. The third-order valence-electron chi connectivity index (χ3n) is 3.32. The molecular weight excluding hydrogens is 240 g/mol. The maximum Gasteiger partial charge on any atom is 0.340 e. The van der Waals surface area contributed by atoms with E-state index in [-0.39, 0.29) is 5.97 Å². The minimum Gasteiger partial charge on any atom is -0.462 e. The number of nitrogens with two attached hydrogens (primary N) is 1. The third kappa shape index (κ3) is 3.88. The Morgan fingerprint density at radius 3 is 2.89 bits per heavy atom. The van der Waals surface area contributed by atoms with Gasteiger partial charge in [0, 0.05) is 17.4 Å². The highest BCUT2D eigenvalue weighted by molar-refractivity contribution is 5.96. The zero-order valence-corrected chi connectivity index (χ0v) is 11.6. The molecule has 0 amide bonds. The molecule has 0 heterocycles. The molecule has 0 aliphatic heterocycles. The molecule has 1 aliphatic rings. The van der Waals surface area contributed by atoms with Crippen LogP contribution >= 0.6 is 0 Å². The van der Waals surface area contributed by atoms with Crippen LogP contribution in [-0.2, 0) is 4.74 Å². The van der Waals surface area contributed by atoms with E-state index < -0.39 is 0 Å². The molecule has 0 radical (unpaired) electrons. The van der Waals surface area contributed by atoms with Gasteiger partial charge in [0.2, 0.25) is 0 Å². The molecule has 0 bridgehead atoms. The molecule has 1 fully saturated rings. The molecule has 1 aromatic rings. The number of carbonyl (C=O) groups excluding carboxylic acids is 1. The molecule has 2 rings (SSSR count). The molecule has 1 atom stereocenters. The van der Waals surface area contributed by atoms with Gasteiger partial charge in [0.1, 0.15) is 0 Å². The Labute approximate surface area is 114 Å². The predicted octanol–water partition coefficient (Wildman–Crippen LogP) is 3.05. The van der Waals surface area contributed by atoms with Crippen molar-refractivity contribution in [3.63, 3.8) is 0 Å². The second kappa shape index (κ2) is 5.95. The van der Waals surface area contributed by atoms with Gasteiger partial charge in [0.25, 0.3) is 0 Å². The van der Waals surface area contributed by atoms with Gasteiger partial charge < -0.3 is 15.8 Å². The number of carbonyl (C=O) groups is 1. The van der Waals surface area contributed by atoms with E-state index in [1.165, 1.54) is 12.8 Å². The summed E-state index contributed by atoms with van der Waals surface area (Å²) < 4.78 is 5.06. The predicted molar refractivity (Wildman–Crippen MR) is 77.2 cm³/mol. The van der Waals surface area contributed by atoms with E-state index in [4.69, 9.17) is 10.5 Å². The first kappa shape index (κ1) is 13.7. The average molecular weight is 262 g/mol. The van der Waals surface area contributed by atoms with Crippen LogP contribution in [-0.4, -0.2) is 18.6 Å². The van der Waals surface area contributed by atoms with E-state index in [9.17, 15) is 4.79 Å². The molecule has 0 aromatic heterocycles. The number of nitrogen functional groups attached to an aromatic ring is 1. The molecule has 0 saturated heterocycles. The van der Waals surface area contributed by atoms with Crippen molar-refractivity contribution >= 4 is 17.3 Å². The van der Waals surface area contributed by atoms with Gasteiger partial charge in [-0.2, -0.15) is 0 Å². The summed E-state index contributed by atoms with van der Waals surface area (Å²) in [5.74, 6) is 0.526. The van der Waals surface area contributed by atoms with Crippen LogP contribution < -0.4 is 11.1 Å². The van der Waals surface area contributed by atoms with Gasteiger partial charge in [-0.15, -0.1) is 0 Å².